The summed E-state index contributed by atoms with van der Waals surface area (Å²) < 4.78 is 0. The van der Waals surface area contributed by atoms with E-state index in [-0.39, 0.29) is 0 Å². The van der Waals surface area contributed by atoms with E-state index in [2.05, 4.69) is 35.9 Å². The third-order valence-corrected chi connectivity index (χ3v) is 4.10. The molecule has 0 spiro atoms. The van der Waals surface area contributed by atoms with E-state index < -0.39 is 0 Å². The Bertz CT molecular complexity index is 498. The van der Waals surface area contributed by atoms with E-state index in [1.165, 1.54) is 50.5 Å². The molecule has 0 atom stereocenters. The van der Waals surface area contributed by atoms with E-state index >= 15 is 0 Å². The zero-order chi connectivity index (χ0) is 18.3. The summed E-state index contributed by atoms with van der Waals surface area (Å²) in [7, 11) is 0. The molecule has 0 aliphatic rings. The molecular formula is C22H34N2O. The quantitative estimate of drug-likeness (QED) is 0.579. The SMILES string of the molecule is CCCCCCCCCCO.Cc1ccc(-c2ncc(C)cn2)cc1. The largest absolute Gasteiger partial charge is 0.396 e. The Morgan fingerprint density at radius 1 is 0.720 bits per heavy atom. The van der Waals surface area contributed by atoms with Crippen molar-refractivity contribution in [1.82, 2.24) is 9.97 Å². The van der Waals surface area contributed by atoms with Gasteiger partial charge in [-0.15, -0.1) is 0 Å². The second-order valence-electron chi connectivity index (χ2n) is 6.65. The first kappa shape index (κ1) is 21.3. The number of aryl methyl sites for hydroxylation is 2. The molecule has 2 rings (SSSR count). The maximum Gasteiger partial charge on any atom is 0.159 e. The lowest BCUT2D eigenvalue weighted by Gasteiger charge is -2.00. The molecule has 0 fully saturated rings. The van der Waals surface area contributed by atoms with Gasteiger partial charge in [0.15, 0.2) is 5.82 Å². The number of hydrogen-bond donors (Lipinski definition) is 1. The highest BCUT2D eigenvalue weighted by atomic mass is 16.2. The minimum Gasteiger partial charge on any atom is -0.396 e. The van der Waals surface area contributed by atoms with Crippen molar-refractivity contribution in [1.29, 1.82) is 0 Å². The van der Waals surface area contributed by atoms with Gasteiger partial charge in [0.25, 0.3) is 0 Å². The summed E-state index contributed by atoms with van der Waals surface area (Å²) in [4.78, 5) is 8.53. The van der Waals surface area contributed by atoms with Crippen LogP contribution in [0.15, 0.2) is 36.7 Å². The summed E-state index contributed by atoms with van der Waals surface area (Å²) in [6, 6.07) is 8.22. The number of aliphatic hydroxyl groups is 1. The van der Waals surface area contributed by atoms with E-state index in [1.54, 1.807) is 0 Å². The summed E-state index contributed by atoms with van der Waals surface area (Å²) in [6.07, 6.45) is 14.1. The number of aromatic nitrogens is 2. The average molecular weight is 343 g/mol. The van der Waals surface area contributed by atoms with Gasteiger partial charge in [-0.2, -0.15) is 0 Å². The van der Waals surface area contributed by atoms with E-state index in [9.17, 15) is 0 Å². The van der Waals surface area contributed by atoms with Crippen LogP contribution in [0.25, 0.3) is 11.4 Å². The number of unbranched alkanes of at least 4 members (excludes halogenated alkanes) is 7. The summed E-state index contributed by atoms with van der Waals surface area (Å²) in [5.41, 5.74) is 3.40. The van der Waals surface area contributed by atoms with Crippen LogP contribution in [0.3, 0.4) is 0 Å². The van der Waals surface area contributed by atoms with Crippen molar-refractivity contribution < 1.29 is 5.11 Å². The van der Waals surface area contributed by atoms with Crippen molar-refractivity contribution in [3.63, 3.8) is 0 Å². The fourth-order valence-corrected chi connectivity index (χ4v) is 2.49. The minimum atomic E-state index is 0.370. The van der Waals surface area contributed by atoms with Gasteiger partial charge in [-0.05, 0) is 25.8 Å². The van der Waals surface area contributed by atoms with Crippen molar-refractivity contribution in [3.05, 3.63) is 47.8 Å². The standard InChI is InChI=1S/C12H12N2.C10H22O/c1-9-3-5-11(6-4-9)12-13-7-10(2)8-14-12;1-2-3-4-5-6-7-8-9-10-11/h3-8H,1-2H3;11H,2-10H2,1H3. The highest BCUT2D eigenvalue weighted by Crippen LogP contribution is 2.14. The molecule has 0 aliphatic heterocycles. The van der Waals surface area contributed by atoms with Crippen molar-refractivity contribution >= 4 is 0 Å². The Hall–Kier alpha value is -1.74. The van der Waals surface area contributed by atoms with Gasteiger partial charge >= 0.3 is 0 Å². The molecule has 3 heteroatoms. The second-order valence-corrected chi connectivity index (χ2v) is 6.65. The maximum absolute atomic E-state index is 8.51. The zero-order valence-electron chi connectivity index (χ0n) is 16.2. The number of rotatable bonds is 9. The summed E-state index contributed by atoms with van der Waals surface area (Å²) >= 11 is 0. The first-order valence-electron chi connectivity index (χ1n) is 9.64. The van der Waals surface area contributed by atoms with Crippen LogP contribution in [0, 0.1) is 13.8 Å². The third-order valence-electron chi connectivity index (χ3n) is 4.10. The number of hydrogen-bond acceptors (Lipinski definition) is 3. The van der Waals surface area contributed by atoms with Crippen LogP contribution in [-0.2, 0) is 0 Å². The van der Waals surface area contributed by atoms with Crippen LogP contribution in [0.5, 0.6) is 0 Å². The van der Waals surface area contributed by atoms with Crippen LogP contribution in [0.1, 0.15) is 69.4 Å². The molecule has 0 saturated carbocycles. The number of aliphatic hydroxyl groups excluding tert-OH is 1. The van der Waals surface area contributed by atoms with Gasteiger partial charge in [0.2, 0.25) is 0 Å². The number of nitrogens with zero attached hydrogens (tertiary/aromatic N) is 2. The van der Waals surface area contributed by atoms with Crippen LogP contribution in [-0.4, -0.2) is 21.7 Å². The summed E-state index contributed by atoms with van der Waals surface area (Å²) in [5.74, 6) is 0.788. The molecule has 0 aliphatic carbocycles. The van der Waals surface area contributed by atoms with Gasteiger partial charge in [-0.3, -0.25) is 0 Å². The molecule has 0 amide bonds. The molecule has 0 bridgehead atoms. The molecular weight excluding hydrogens is 308 g/mol. The predicted molar refractivity (Wildman–Crippen MR) is 107 cm³/mol. The Morgan fingerprint density at radius 2 is 1.24 bits per heavy atom. The number of benzene rings is 1. The first-order valence-corrected chi connectivity index (χ1v) is 9.64. The molecule has 0 radical (unpaired) electrons. The van der Waals surface area contributed by atoms with E-state index in [0.717, 1.165) is 23.4 Å². The molecule has 138 valence electrons. The fraction of sp³-hybridized carbons (Fsp3) is 0.545. The highest BCUT2D eigenvalue weighted by molar-refractivity contribution is 5.54. The average Bonchev–Trinajstić information content (AvgIpc) is 2.63. The van der Waals surface area contributed by atoms with Crippen LogP contribution in [0.2, 0.25) is 0 Å². The molecule has 25 heavy (non-hydrogen) atoms. The first-order chi connectivity index (χ1) is 12.2. The molecule has 1 heterocycles. The normalized spacial score (nSPS) is 10.2. The Morgan fingerprint density at radius 3 is 1.76 bits per heavy atom. The molecule has 1 N–H and O–H groups in total. The monoisotopic (exact) mass is 342 g/mol. The molecule has 1 aromatic carbocycles. The molecule has 2 aromatic rings. The smallest absolute Gasteiger partial charge is 0.159 e. The van der Waals surface area contributed by atoms with Gasteiger partial charge in [0.1, 0.15) is 0 Å². The topological polar surface area (TPSA) is 46.0 Å². The summed E-state index contributed by atoms with van der Waals surface area (Å²) in [5, 5.41) is 8.51. The van der Waals surface area contributed by atoms with E-state index in [4.69, 9.17) is 5.11 Å². The van der Waals surface area contributed by atoms with Gasteiger partial charge in [-0.1, -0.05) is 81.7 Å². The second kappa shape index (κ2) is 13.5. The molecule has 3 nitrogen and oxygen atoms in total. The van der Waals surface area contributed by atoms with Crippen LogP contribution < -0.4 is 0 Å². The van der Waals surface area contributed by atoms with Crippen LogP contribution >= 0.6 is 0 Å². The Kier molecular flexibility index (Phi) is 11.5. The van der Waals surface area contributed by atoms with Gasteiger partial charge in [0, 0.05) is 24.6 Å². The lowest BCUT2D eigenvalue weighted by Crippen LogP contribution is -1.88. The third kappa shape index (κ3) is 9.98. The van der Waals surface area contributed by atoms with Crippen molar-refractivity contribution in [2.24, 2.45) is 0 Å². The predicted octanol–water partition coefficient (Wildman–Crippen LogP) is 5.88. The summed E-state index contributed by atoms with van der Waals surface area (Å²) in [6.45, 7) is 6.67. The fourth-order valence-electron chi connectivity index (χ4n) is 2.49. The highest BCUT2D eigenvalue weighted by Gasteiger charge is 1.98. The Labute approximate surface area is 153 Å². The van der Waals surface area contributed by atoms with E-state index in [1.807, 2.05) is 31.5 Å². The van der Waals surface area contributed by atoms with Crippen molar-refractivity contribution in [2.45, 2.75) is 72.1 Å². The van der Waals surface area contributed by atoms with Crippen molar-refractivity contribution in [2.75, 3.05) is 6.61 Å². The lowest BCUT2D eigenvalue weighted by molar-refractivity contribution is 0.282. The molecule has 0 unspecified atom stereocenters. The zero-order valence-corrected chi connectivity index (χ0v) is 16.2. The van der Waals surface area contributed by atoms with Gasteiger partial charge in [-0.25, -0.2) is 9.97 Å². The van der Waals surface area contributed by atoms with E-state index in [0.29, 0.717) is 6.61 Å². The Balaban J connectivity index is 0.000000260. The molecule has 1 aromatic heterocycles. The lowest BCUT2D eigenvalue weighted by atomic mass is 10.1. The minimum absolute atomic E-state index is 0.370. The van der Waals surface area contributed by atoms with Crippen LogP contribution in [0.4, 0.5) is 0 Å². The van der Waals surface area contributed by atoms with Crippen molar-refractivity contribution in [3.8, 4) is 11.4 Å². The van der Waals surface area contributed by atoms with Gasteiger partial charge < -0.3 is 5.11 Å². The van der Waals surface area contributed by atoms with Gasteiger partial charge in [0.05, 0.1) is 0 Å². The maximum atomic E-state index is 8.51. The molecule has 0 saturated heterocycles.